The largest absolute Gasteiger partial charge is 0.349 e. The molecule has 25 heavy (non-hydrogen) atoms. The van der Waals surface area contributed by atoms with Crippen LogP contribution in [0.2, 0.25) is 0 Å². The van der Waals surface area contributed by atoms with Crippen molar-refractivity contribution >= 4 is 17.6 Å². The summed E-state index contributed by atoms with van der Waals surface area (Å²) in [6.45, 7) is 1.81. The minimum absolute atomic E-state index is 0.133. The minimum atomic E-state index is -0.392. The number of hydrogen-bond acceptors (Lipinski definition) is 2. The van der Waals surface area contributed by atoms with Crippen molar-refractivity contribution in [3.05, 3.63) is 65.5 Å². The van der Waals surface area contributed by atoms with Gasteiger partial charge in [0.1, 0.15) is 5.82 Å². The van der Waals surface area contributed by atoms with E-state index >= 15 is 0 Å². The van der Waals surface area contributed by atoms with Crippen LogP contribution in [-0.2, 0) is 0 Å². The Morgan fingerprint density at radius 3 is 2.52 bits per heavy atom. The van der Waals surface area contributed by atoms with Crippen LogP contribution >= 0.6 is 0 Å². The van der Waals surface area contributed by atoms with E-state index in [-0.39, 0.29) is 23.8 Å². The van der Waals surface area contributed by atoms with Gasteiger partial charge in [-0.3, -0.25) is 4.79 Å². The van der Waals surface area contributed by atoms with E-state index < -0.39 is 6.03 Å². The molecule has 1 fully saturated rings. The van der Waals surface area contributed by atoms with Crippen LogP contribution in [-0.4, -0.2) is 18.0 Å². The first kappa shape index (κ1) is 17.0. The number of nitrogens with one attached hydrogen (secondary N) is 3. The number of carbonyl (C=O) groups is 2. The van der Waals surface area contributed by atoms with E-state index in [2.05, 4.69) is 16.0 Å². The van der Waals surface area contributed by atoms with Crippen LogP contribution in [0.3, 0.4) is 0 Å². The molecule has 1 unspecified atom stereocenters. The number of rotatable bonds is 5. The van der Waals surface area contributed by atoms with Gasteiger partial charge < -0.3 is 16.0 Å². The number of benzene rings is 2. The van der Waals surface area contributed by atoms with Gasteiger partial charge in [0.2, 0.25) is 0 Å². The minimum Gasteiger partial charge on any atom is -0.349 e. The third-order valence-corrected chi connectivity index (χ3v) is 4.01. The maximum atomic E-state index is 13.0. The van der Waals surface area contributed by atoms with Crippen LogP contribution in [0, 0.1) is 5.82 Å². The van der Waals surface area contributed by atoms with Gasteiger partial charge >= 0.3 is 6.03 Å². The van der Waals surface area contributed by atoms with E-state index in [1.54, 1.807) is 36.4 Å². The molecule has 3 rings (SSSR count). The lowest BCUT2D eigenvalue weighted by Crippen LogP contribution is -2.31. The highest BCUT2D eigenvalue weighted by atomic mass is 19.1. The quantitative estimate of drug-likeness (QED) is 0.778. The number of amides is 3. The van der Waals surface area contributed by atoms with E-state index in [0.717, 1.165) is 18.4 Å². The molecule has 0 aromatic heterocycles. The molecule has 0 radical (unpaired) electrons. The molecule has 3 N–H and O–H groups in total. The van der Waals surface area contributed by atoms with Crippen molar-refractivity contribution < 1.29 is 14.0 Å². The molecule has 0 heterocycles. The number of halogens is 1. The van der Waals surface area contributed by atoms with Crippen LogP contribution in [0.4, 0.5) is 14.9 Å². The molecule has 1 aliphatic carbocycles. The van der Waals surface area contributed by atoms with Crippen molar-refractivity contribution in [2.75, 3.05) is 5.32 Å². The number of anilines is 1. The summed E-state index contributed by atoms with van der Waals surface area (Å²) in [6.07, 6.45) is 2.04. The summed E-state index contributed by atoms with van der Waals surface area (Å²) in [7, 11) is 0. The molecule has 0 spiro atoms. The first-order chi connectivity index (χ1) is 12.0. The molecule has 3 amide bonds. The summed E-state index contributed by atoms with van der Waals surface area (Å²) >= 11 is 0. The zero-order valence-electron chi connectivity index (χ0n) is 13.9. The predicted octanol–water partition coefficient (Wildman–Crippen LogP) is 3.60. The topological polar surface area (TPSA) is 70.2 Å². The van der Waals surface area contributed by atoms with Gasteiger partial charge in [-0.25, -0.2) is 9.18 Å². The standard InChI is InChI=1S/C19H20FN3O2/c1-12(13-5-7-15(20)8-6-13)21-19(25)23-17-4-2-3-14(11-17)18(24)22-16-9-10-16/h2-8,11-12,16H,9-10H2,1H3,(H,22,24)(H2,21,23,25). The summed E-state index contributed by atoms with van der Waals surface area (Å²) in [5, 5.41) is 8.41. The molecule has 5 nitrogen and oxygen atoms in total. The van der Waals surface area contributed by atoms with Gasteiger partial charge in [0, 0.05) is 17.3 Å². The van der Waals surface area contributed by atoms with Crippen molar-refractivity contribution in [2.45, 2.75) is 31.8 Å². The molecule has 0 saturated heterocycles. The summed E-state index contributed by atoms with van der Waals surface area (Å²) in [5.74, 6) is -0.451. The molecule has 130 valence electrons. The summed E-state index contributed by atoms with van der Waals surface area (Å²) in [5.41, 5.74) is 1.85. The Hall–Kier alpha value is -2.89. The van der Waals surface area contributed by atoms with Crippen LogP contribution in [0.5, 0.6) is 0 Å². The lowest BCUT2D eigenvalue weighted by molar-refractivity contribution is 0.0951. The second-order valence-corrected chi connectivity index (χ2v) is 6.20. The lowest BCUT2D eigenvalue weighted by Gasteiger charge is -2.15. The Kier molecular flexibility index (Phi) is 4.97. The third kappa shape index (κ3) is 4.79. The average Bonchev–Trinajstić information content (AvgIpc) is 3.39. The Labute approximate surface area is 145 Å². The van der Waals surface area contributed by atoms with Crippen molar-refractivity contribution in [1.82, 2.24) is 10.6 Å². The van der Waals surface area contributed by atoms with Crippen LogP contribution in [0.1, 0.15) is 41.7 Å². The van der Waals surface area contributed by atoms with Gasteiger partial charge in [0.25, 0.3) is 5.91 Å². The molecule has 6 heteroatoms. The molecular weight excluding hydrogens is 321 g/mol. The summed E-state index contributed by atoms with van der Waals surface area (Å²) in [6, 6.07) is 12.4. The lowest BCUT2D eigenvalue weighted by atomic mass is 10.1. The molecule has 1 atom stereocenters. The number of hydrogen-bond donors (Lipinski definition) is 3. The first-order valence-corrected chi connectivity index (χ1v) is 8.25. The van der Waals surface area contributed by atoms with Gasteiger partial charge in [0.05, 0.1) is 6.04 Å². The summed E-state index contributed by atoms with van der Waals surface area (Å²) < 4.78 is 13.0. The smallest absolute Gasteiger partial charge is 0.319 e. The highest BCUT2D eigenvalue weighted by Gasteiger charge is 2.23. The summed E-state index contributed by atoms with van der Waals surface area (Å²) in [4.78, 5) is 24.2. The van der Waals surface area contributed by atoms with E-state index in [0.29, 0.717) is 11.3 Å². The Bertz CT molecular complexity index is 772. The van der Waals surface area contributed by atoms with Gasteiger partial charge in [-0.05, 0) is 55.7 Å². The van der Waals surface area contributed by atoms with Gasteiger partial charge in [0.15, 0.2) is 0 Å². The molecule has 1 aliphatic rings. The average molecular weight is 341 g/mol. The third-order valence-electron chi connectivity index (χ3n) is 4.01. The number of urea groups is 1. The molecule has 2 aromatic rings. The SMILES string of the molecule is CC(NC(=O)Nc1cccc(C(=O)NC2CC2)c1)c1ccc(F)cc1. The molecule has 2 aromatic carbocycles. The van der Waals surface area contributed by atoms with Crippen molar-refractivity contribution in [3.63, 3.8) is 0 Å². The van der Waals surface area contributed by atoms with Gasteiger partial charge in [-0.15, -0.1) is 0 Å². The molecule has 0 aliphatic heterocycles. The van der Waals surface area contributed by atoms with E-state index in [9.17, 15) is 14.0 Å². The van der Waals surface area contributed by atoms with E-state index in [4.69, 9.17) is 0 Å². The maximum Gasteiger partial charge on any atom is 0.319 e. The Morgan fingerprint density at radius 1 is 1.12 bits per heavy atom. The molecule has 1 saturated carbocycles. The van der Waals surface area contributed by atoms with Crippen molar-refractivity contribution in [1.29, 1.82) is 0 Å². The van der Waals surface area contributed by atoms with Gasteiger partial charge in [-0.1, -0.05) is 18.2 Å². The fraction of sp³-hybridized carbons (Fsp3) is 0.263. The monoisotopic (exact) mass is 341 g/mol. The Morgan fingerprint density at radius 2 is 1.84 bits per heavy atom. The van der Waals surface area contributed by atoms with Crippen LogP contribution < -0.4 is 16.0 Å². The van der Waals surface area contributed by atoms with Crippen LogP contribution in [0.15, 0.2) is 48.5 Å². The second-order valence-electron chi connectivity index (χ2n) is 6.20. The van der Waals surface area contributed by atoms with Crippen molar-refractivity contribution in [3.8, 4) is 0 Å². The number of carbonyl (C=O) groups excluding carboxylic acids is 2. The fourth-order valence-corrected chi connectivity index (χ4v) is 2.43. The normalized spacial score (nSPS) is 14.5. The second kappa shape index (κ2) is 7.34. The van der Waals surface area contributed by atoms with Crippen LogP contribution in [0.25, 0.3) is 0 Å². The zero-order valence-corrected chi connectivity index (χ0v) is 13.9. The fourth-order valence-electron chi connectivity index (χ4n) is 2.43. The van der Waals surface area contributed by atoms with Crippen molar-refractivity contribution in [2.24, 2.45) is 0 Å². The zero-order chi connectivity index (χ0) is 17.8. The Balaban J connectivity index is 1.58. The first-order valence-electron chi connectivity index (χ1n) is 8.25. The highest BCUT2D eigenvalue weighted by molar-refractivity contribution is 5.97. The molecule has 0 bridgehead atoms. The highest BCUT2D eigenvalue weighted by Crippen LogP contribution is 2.20. The van der Waals surface area contributed by atoms with E-state index in [1.165, 1.54) is 12.1 Å². The van der Waals surface area contributed by atoms with E-state index in [1.807, 2.05) is 6.92 Å². The maximum absolute atomic E-state index is 13.0. The predicted molar refractivity (Wildman–Crippen MR) is 93.9 cm³/mol. The van der Waals surface area contributed by atoms with Gasteiger partial charge in [-0.2, -0.15) is 0 Å². The molecular formula is C19H20FN3O2.